The van der Waals surface area contributed by atoms with Crippen molar-refractivity contribution in [2.45, 2.75) is 19.3 Å². The number of fused-ring (bicyclic) bond motifs is 2. The molecule has 4 heterocycles. The van der Waals surface area contributed by atoms with Gasteiger partial charge < -0.3 is 10.2 Å². The van der Waals surface area contributed by atoms with Crippen molar-refractivity contribution in [2.75, 3.05) is 25.5 Å². The highest BCUT2D eigenvalue weighted by Gasteiger charge is 2.21. The Morgan fingerprint density at radius 1 is 1.11 bits per heavy atom. The zero-order chi connectivity index (χ0) is 23.8. The summed E-state index contributed by atoms with van der Waals surface area (Å²) in [6, 6.07) is 16.1. The number of thiophene rings is 1. The van der Waals surface area contributed by atoms with Gasteiger partial charge in [0.15, 0.2) is 11.6 Å². The number of carbonyl (C=O) groups is 1. The zero-order valence-corrected chi connectivity index (χ0v) is 20.3. The maximum Gasteiger partial charge on any atom is 0.173 e. The number of carbonyl (C=O) groups excluding carboxylic acids is 1. The first-order valence-corrected chi connectivity index (χ1v) is 12.7. The van der Waals surface area contributed by atoms with Crippen molar-refractivity contribution in [1.82, 2.24) is 25.1 Å². The summed E-state index contributed by atoms with van der Waals surface area (Å²) in [6.45, 7) is 2.17. The average Bonchev–Trinajstić information content (AvgIpc) is 3.52. The molecule has 0 amide bonds. The molecule has 2 N–H and O–H groups in total. The van der Waals surface area contributed by atoms with E-state index in [-0.39, 0.29) is 5.78 Å². The van der Waals surface area contributed by atoms with E-state index in [9.17, 15) is 4.79 Å². The molecule has 3 aromatic heterocycles. The van der Waals surface area contributed by atoms with Gasteiger partial charge in [-0.1, -0.05) is 12.1 Å². The molecular weight excluding hydrogens is 456 g/mol. The van der Waals surface area contributed by atoms with Gasteiger partial charge in [-0.3, -0.25) is 9.89 Å². The lowest BCUT2D eigenvalue weighted by atomic mass is 9.91. The third-order valence-electron chi connectivity index (χ3n) is 6.73. The summed E-state index contributed by atoms with van der Waals surface area (Å²) in [6.07, 6.45) is 6.42. The first-order valence-electron chi connectivity index (χ1n) is 11.9. The molecule has 0 saturated carbocycles. The van der Waals surface area contributed by atoms with E-state index in [1.165, 1.54) is 0 Å². The molecule has 8 heteroatoms. The van der Waals surface area contributed by atoms with Gasteiger partial charge in [-0.2, -0.15) is 5.10 Å². The van der Waals surface area contributed by atoms with Crippen LogP contribution in [0.25, 0.3) is 32.4 Å². The van der Waals surface area contributed by atoms with Crippen LogP contribution < -0.4 is 5.32 Å². The number of piperidine rings is 1. The van der Waals surface area contributed by atoms with Crippen molar-refractivity contribution in [3.8, 4) is 11.4 Å². The number of Topliss-reactive ketones (excluding diaryl/α,β-unsaturated/α-hetero) is 1. The molecule has 1 fully saturated rings. The van der Waals surface area contributed by atoms with E-state index in [2.05, 4.69) is 44.6 Å². The predicted molar refractivity (Wildman–Crippen MR) is 141 cm³/mol. The van der Waals surface area contributed by atoms with E-state index < -0.39 is 0 Å². The number of aromatic nitrogens is 4. The summed E-state index contributed by atoms with van der Waals surface area (Å²) in [7, 11) is 2.15. The molecule has 0 bridgehead atoms. The lowest BCUT2D eigenvalue weighted by Crippen LogP contribution is -2.31. The average molecular weight is 483 g/mol. The third-order valence-corrected chi connectivity index (χ3v) is 7.87. The van der Waals surface area contributed by atoms with Crippen LogP contribution in [0.1, 0.15) is 28.9 Å². The van der Waals surface area contributed by atoms with E-state index in [1.807, 2.05) is 36.4 Å². The van der Waals surface area contributed by atoms with E-state index >= 15 is 0 Å². The number of ketones is 1. The van der Waals surface area contributed by atoms with Crippen molar-refractivity contribution < 1.29 is 4.79 Å². The number of likely N-dealkylation sites (tertiary alicyclic amines) is 1. The number of nitrogens with one attached hydrogen (secondary N) is 2. The second-order valence-electron chi connectivity index (χ2n) is 9.30. The second-order valence-corrected chi connectivity index (χ2v) is 10.4. The fraction of sp³-hybridized carbons (Fsp3) is 0.259. The molecular formula is C27H26N6OS. The van der Waals surface area contributed by atoms with Crippen molar-refractivity contribution in [3.63, 3.8) is 0 Å². The fourth-order valence-corrected chi connectivity index (χ4v) is 5.72. The van der Waals surface area contributed by atoms with Gasteiger partial charge in [0.1, 0.15) is 5.82 Å². The Kier molecular flexibility index (Phi) is 5.75. The van der Waals surface area contributed by atoms with Gasteiger partial charge in [-0.15, -0.1) is 11.3 Å². The molecule has 6 rings (SSSR count). The molecule has 7 nitrogen and oxygen atoms in total. The van der Waals surface area contributed by atoms with Crippen LogP contribution in [0, 0.1) is 5.92 Å². The Labute approximate surface area is 207 Å². The summed E-state index contributed by atoms with van der Waals surface area (Å²) in [5.41, 5.74) is 2.86. The topological polar surface area (TPSA) is 86.8 Å². The minimum atomic E-state index is 0.263. The van der Waals surface area contributed by atoms with Crippen LogP contribution in [0.2, 0.25) is 0 Å². The van der Waals surface area contributed by atoms with Gasteiger partial charge in [-0.25, -0.2) is 9.97 Å². The molecule has 0 spiro atoms. The number of hydrogen-bond acceptors (Lipinski definition) is 7. The molecule has 1 saturated heterocycles. The van der Waals surface area contributed by atoms with Crippen LogP contribution in [0.4, 0.5) is 11.5 Å². The molecule has 1 aliphatic heterocycles. The number of hydrogen-bond donors (Lipinski definition) is 2. The van der Waals surface area contributed by atoms with E-state index in [4.69, 9.17) is 4.98 Å². The number of nitrogens with zero attached hydrogens (tertiary/aromatic N) is 4. The zero-order valence-electron chi connectivity index (χ0n) is 19.5. The standard InChI is InChI=1S/C27H26N6OS/c1-33-10-7-17(8-11-33)12-23(34)25-14-18-2-3-19(15-24(18)35-25)27-28-9-6-26(31-27)30-21-4-5-22-20(13-21)16-29-32-22/h2-6,9,13-17H,7-8,10-12H2,1H3,(H,29,32)(H,28,30,31). The molecule has 2 aromatic carbocycles. The summed E-state index contributed by atoms with van der Waals surface area (Å²) in [5.74, 6) is 2.13. The summed E-state index contributed by atoms with van der Waals surface area (Å²) in [4.78, 5) is 25.4. The Hall–Kier alpha value is -3.62. The minimum Gasteiger partial charge on any atom is -0.340 e. The Balaban J connectivity index is 1.20. The van der Waals surface area contributed by atoms with Gasteiger partial charge in [0.05, 0.1) is 16.6 Å². The predicted octanol–water partition coefficient (Wildman–Crippen LogP) is 5.89. The fourth-order valence-electron chi connectivity index (χ4n) is 4.67. The van der Waals surface area contributed by atoms with Crippen LogP contribution in [0.3, 0.4) is 0 Å². The molecule has 5 aromatic rings. The number of aromatic amines is 1. The molecule has 0 unspecified atom stereocenters. The highest BCUT2D eigenvalue weighted by Crippen LogP contribution is 2.32. The Morgan fingerprint density at radius 2 is 2.00 bits per heavy atom. The molecule has 1 aliphatic rings. The SMILES string of the molecule is CN1CCC(CC(=O)c2cc3ccc(-c4nccc(Nc5ccc6[nH]ncc6c5)n4)cc3s2)CC1. The van der Waals surface area contributed by atoms with Gasteiger partial charge in [-0.05, 0) is 80.7 Å². The minimum absolute atomic E-state index is 0.263. The highest BCUT2D eigenvalue weighted by molar-refractivity contribution is 7.20. The highest BCUT2D eigenvalue weighted by atomic mass is 32.1. The van der Waals surface area contributed by atoms with Gasteiger partial charge in [0, 0.05) is 34.0 Å². The quantitative estimate of drug-likeness (QED) is 0.293. The molecule has 0 aliphatic carbocycles. The van der Waals surface area contributed by atoms with Crippen LogP contribution in [-0.2, 0) is 0 Å². The molecule has 176 valence electrons. The molecule has 0 atom stereocenters. The summed E-state index contributed by atoms with van der Waals surface area (Å²) >= 11 is 1.57. The number of anilines is 2. The Morgan fingerprint density at radius 3 is 2.89 bits per heavy atom. The summed E-state index contributed by atoms with van der Waals surface area (Å²) in [5, 5.41) is 12.5. The van der Waals surface area contributed by atoms with Gasteiger partial charge >= 0.3 is 0 Å². The number of rotatable bonds is 6. The second kappa shape index (κ2) is 9.20. The van der Waals surface area contributed by atoms with Crippen molar-refractivity contribution >= 4 is 49.6 Å². The van der Waals surface area contributed by atoms with Crippen molar-refractivity contribution in [2.24, 2.45) is 5.92 Å². The van der Waals surface area contributed by atoms with Crippen LogP contribution in [0.15, 0.2) is 60.9 Å². The first kappa shape index (κ1) is 21.9. The largest absolute Gasteiger partial charge is 0.340 e. The van der Waals surface area contributed by atoms with Crippen LogP contribution in [0.5, 0.6) is 0 Å². The lowest BCUT2D eigenvalue weighted by molar-refractivity contribution is 0.0940. The van der Waals surface area contributed by atoms with Gasteiger partial charge in [0.25, 0.3) is 0 Å². The van der Waals surface area contributed by atoms with Gasteiger partial charge in [0.2, 0.25) is 0 Å². The Bertz CT molecular complexity index is 1510. The maximum absolute atomic E-state index is 13.0. The maximum atomic E-state index is 13.0. The van der Waals surface area contributed by atoms with E-state index in [1.54, 1.807) is 23.7 Å². The van der Waals surface area contributed by atoms with E-state index in [0.29, 0.717) is 18.2 Å². The van der Waals surface area contributed by atoms with Crippen LogP contribution >= 0.6 is 11.3 Å². The molecule has 0 radical (unpaired) electrons. The van der Waals surface area contributed by atoms with Crippen molar-refractivity contribution in [3.05, 3.63) is 65.8 Å². The summed E-state index contributed by atoms with van der Waals surface area (Å²) < 4.78 is 1.08. The number of H-pyrrole nitrogens is 1. The van der Waals surface area contributed by atoms with Crippen LogP contribution in [-0.4, -0.2) is 51.0 Å². The van der Waals surface area contributed by atoms with Crippen molar-refractivity contribution in [1.29, 1.82) is 0 Å². The van der Waals surface area contributed by atoms with E-state index in [0.717, 1.165) is 68.9 Å². The monoisotopic (exact) mass is 482 g/mol. The third kappa shape index (κ3) is 4.67. The molecule has 35 heavy (non-hydrogen) atoms. The lowest BCUT2D eigenvalue weighted by Gasteiger charge is -2.28. The number of benzene rings is 2. The first-order chi connectivity index (χ1) is 17.1. The smallest absolute Gasteiger partial charge is 0.173 e. The normalized spacial score (nSPS) is 15.1.